The normalized spacial score (nSPS) is 17.3. The lowest BCUT2D eigenvalue weighted by Gasteiger charge is -2.17. The molecular weight excluding hydrogens is 345 g/mol. The number of carbonyl (C=O) groups excluding carboxylic acids is 1. The third-order valence-electron chi connectivity index (χ3n) is 4.43. The van der Waals surface area contributed by atoms with Crippen molar-refractivity contribution in [2.45, 2.75) is 25.9 Å². The summed E-state index contributed by atoms with van der Waals surface area (Å²) in [5, 5.41) is 3.45. The Balaban J connectivity index is 1.48. The zero-order chi connectivity index (χ0) is 19.1. The van der Waals surface area contributed by atoms with Gasteiger partial charge in [-0.15, -0.1) is 0 Å². The number of halogens is 1. The lowest BCUT2D eigenvalue weighted by atomic mass is 10.2. The molecular formula is C21H24FN3O2. The molecule has 1 aliphatic heterocycles. The van der Waals surface area contributed by atoms with Gasteiger partial charge in [-0.1, -0.05) is 12.1 Å². The van der Waals surface area contributed by atoms with Crippen LogP contribution in [0.1, 0.15) is 24.5 Å². The maximum absolute atomic E-state index is 13.0. The van der Waals surface area contributed by atoms with Crippen LogP contribution in [0.15, 0.2) is 48.7 Å². The van der Waals surface area contributed by atoms with Crippen LogP contribution in [0.5, 0.6) is 0 Å². The van der Waals surface area contributed by atoms with Crippen LogP contribution in [0.4, 0.5) is 10.2 Å². The fourth-order valence-corrected chi connectivity index (χ4v) is 3.10. The van der Waals surface area contributed by atoms with Crippen molar-refractivity contribution in [1.82, 2.24) is 9.88 Å². The standard InChI is InChI=1S/C21H24FN3O2/c1-2-27-21(26)10-6-16-5-9-20(23-13-16)24-19-11-12-25(15-19)14-17-3-7-18(22)8-4-17/h3-10,13,19H,2,11-12,14-15H2,1H3,(H,23,24)/t19-/m1/s1. The minimum Gasteiger partial charge on any atom is -0.463 e. The van der Waals surface area contributed by atoms with Crippen molar-refractivity contribution in [2.75, 3.05) is 25.0 Å². The minimum atomic E-state index is -0.355. The number of carbonyl (C=O) groups is 1. The Morgan fingerprint density at radius 1 is 1.33 bits per heavy atom. The summed E-state index contributed by atoms with van der Waals surface area (Å²) in [7, 11) is 0. The van der Waals surface area contributed by atoms with Gasteiger partial charge in [-0.3, -0.25) is 4.90 Å². The van der Waals surface area contributed by atoms with Crippen LogP contribution in [0.3, 0.4) is 0 Å². The van der Waals surface area contributed by atoms with E-state index in [9.17, 15) is 9.18 Å². The number of anilines is 1. The molecule has 0 spiro atoms. The van der Waals surface area contributed by atoms with Gasteiger partial charge in [0.25, 0.3) is 0 Å². The van der Waals surface area contributed by atoms with E-state index in [0.29, 0.717) is 12.6 Å². The van der Waals surface area contributed by atoms with Crippen LogP contribution in [0.25, 0.3) is 6.08 Å². The summed E-state index contributed by atoms with van der Waals surface area (Å²) in [5.74, 6) is 0.259. The number of hydrogen-bond acceptors (Lipinski definition) is 5. The van der Waals surface area contributed by atoms with E-state index in [1.54, 1.807) is 19.2 Å². The first-order valence-corrected chi connectivity index (χ1v) is 9.16. The van der Waals surface area contributed by atoms with E-state index in [-0.39, 0.29) is 11.8 Å². The Hall–Kier alpha value is -2.73. The van der Waals surface area contributed by atoms with Crippen LogP contribution in [0.2, 0.25) is 0 Å². The average molecular weight is 369 g/mol. The summed E-state index contributed by atoms with van der Waals surface area (Å²) < 4.78 is 17.9. The molecule has 0 saturated carbocycles. The number of nitrogens with zero attached hydrogens (tertiary/aromatic N) is 2. The molecule has 1 aliphatic rings. The first-order valence-electron chi connectivity index (χ1n) is 9.16. The summed E-state index contributed by atoms with van der Waals surface area (Å²) in [6, 6.07) is 10.8. The molecule has 142 valence electrons. The molecule has 1 N–H and O–H groups in total. The summed E-state index contributed by atoms with van der Waals surface area (Å²) in [6.07, 6.45) is 5.85. The third kappa shape index (κ3) is 5.89. The quantitative estimate of drug-likeness (QED) is 0.598. The Labute approximate surface area is 158 Å². The highest BCUT2D eigenvalue weighted by Crippen LogP contribution is 2.17. The largest absolute Gasteiger partial charge is 0.463 e. The number of benzene rings is 1. The topological polar surface area (TPSA) is 54.5 Å². The van der Waals surface area contributed by atoms with E-state index >= 15 is 0 Å². The molecule has 2 aromatic rings. The lowest BCUT2D eigenvalue weighted by molar-refractivity contribution is -0.137. The summed E-state index contributed by atoms with van der Waals surface area (Å²) in [4.78, 5) is 18.1. The predicted molar refractivity (Wildman–Crippen MR) is 104 cm³/mol. The monoisotopic (exact) mass is 369 g/mol. The number of pyridine rings is 1. The second kappa shape index (κ2) is 9.28. The fraction of sp³-hybridized carbons (Fsp3) is 0.333. The molecule has 2 heterocycles. The first-order chi connectivity index (χ1) is 13.1. The minimum absolute atomic E-state index is 0.202. The molecule has 6 heteroatoms. The second-order valence-corrected chi connectivity index (χ2v) is 6.55. The molecule has 3 rings (SSSR count). The molecule has 1 fully saturated rings. The Morgan fingerprint density at radius 2 is 2.15 bits per heavy atom. The molecule has 27 heavy (non-hydrogen) atoms. The van der Waals surface area contributed by atoms with Crippen LogP contribution in [0, 0.1) is 5.82 Å². The molecule has 0 amide bonds. The zero-order valence-corrected chi connectivity index (χ0v) is 15.4. The molecule has 5 nitrogen and oxygen atoms in total. The Kier molecular flexibility index (Phi) is 6.54. The summed E-state index contributed by atoms with van der Waals surface area (Å²) >= 11 is 0. The van der Waals surface area contributed by atoms with E-state index in [2.05, 4.69) is 15.2 Å². The molecule has 0 radical (unpaired) electrons. The van der Waals surface area contributed by atoms with Gasteiger partial charge in [-0.25, -0.2) is 14.2 Å². The number of rotatable bonds is 7. The van der Waals surface area contributed by atoms with Gasteiger partial charge in [0.1, 0.15) is 11.6 Å². The molecule has 1 atom stereocenters. The van der Waals surface area contributed by atoms with Crippen LogP contribution in [-0.2, 0) is 16.1 Å². The Morgan fingerprint density at radius 3 is 2.85 bits per heavy atom. The summed E-state index contributed by atoms with van der Waals surface area (Å²) in [5.41, 5.74) is 1.96. The summed E-state index contributed by atoms with van der Waals surface area (Å²) in [6.45, 7) is 4.88. The highest BCUT2D eigenvalue weighted by Gasteiger charge is 2.22. The van der Waals surface area contributed by atoms with Crippen molar-refractivity contribution in [3.05, 3.63) is 65.6 Å². The van der Waals surface area contributed by atoms with Crippen LogP contribution < -0.4 is 5.32 Å². The fourth-order valence-electron chi connectivity index (χ4n) is 3.10. The van der Waals surface area contributed by atoms with E-state index in [0.717, 1.165) is 43.0 Å². The maximum Gasteiger partial charge on any atom is 0.330 e. The van der Waals surface area contributed by atoms with Gasteiger partial charge in [0.15, 0.2) is 0 Å². The van der Waals surface area contributed by atoms with Gasteiger partial charge in [-0.2, -0.15) is 0 Å². The van der Waals surface area contributed by atoms with Crippen molar-refractivity contribution in [2.24, 2.45) is 0 Å². The van der Waals surface area contributed by atoms with Gasteiger partial charge >= 0.3 is 5.97 Å². The highest BCUT2D eigenvalue weighted by molar-refractivity contribution is 5.86. The smallest absolute Gasteiger partial charge is 0.330 e. The molecule has 0 aliphatic carbocycles. The molecule has 1 saturated heterocycles. The van der Waals surface area contributed by atoms with Crippen LogP contribution >= 0.6 is 0 Å². The number of esters is 1. The van der Waals surface area contributed by atoms with Crippen molar-refractivity contribution in [3.63, 3.8) is 0 Å². The number of nitrogens with one attached hydrogen (secondary N) is 1. The zero-order valence-electron chi connectivity index (χ0n) is 15.4. The number of ether oxygens (including phenoxy) is 1. The average Bonchev–Trinajstić information content (AvgIpc) is 3.10. The SMILES string of the molecule is CCOC(=O)C=Cc1ccc(N[C@@H]2CCN(Cc3ccc(F)cc3)C2)nc1. The van der Waals surface area contributed by atoms with E-state index in [1.807, 2.05) is 24.3 Å². The second-order valence-electron chi connectivity index (χ2n) is 6.55. The van der Waals surface area contributed by atoms with E-state index in [4.69, 9.17) is 4.74 Å². The lowest BCUT2D eigenvalue weighted by Crippen LogP contribution is -2.26. The Bertz CT molecular complexity index is 775. The van der Waals surface area contributed by atoms with Gasteiger partial charge < -0.3 is 10.1 Å². The molecule has 0 unspecified atom stereocenters. The van der Waals surface area contributed by atoms with Gasteiger partial charge in [0.2, 0.25) is 0 Å². The van der Waals surface area contributed by atoms with Gasteiger partial charge in [0, 0.05) is 37.9 Å². The number of likely N-dealkylation sites (tertiary alicyclic amines) is 1. The highest BCUT2D eigenvalue weighted by atomic mass is 19.1. The predicted octanol–water partition coefficient (Wildman–Crippen LogP) is 3.48. The maximum atomic E-state index is 13.0. The molecule has 1 aromatic heterocycles. The van der Waals surface area contributed by atoms with Crippen molar-refractivity contribution >= 4 is 17.9 Å². The van der Waals surface area contributed by atoms with Crippen molar-refractivity contribution < 1.29 is 13.9 Å². The van der Waals surface area contributed by atoms with Crippen molar-refractivity contribution in [3.8, 4) is 0 Å². The first kappa shape index (κ1) is 19.0. The molecule has 1 aromatic carbocycles. The molecule has 0 bridgehead atoms. The van der Waals surface area contributed by atoms with Crippen LogP contribution in [-0.4, -0.2) is 41.6 Å². The van der Waals surface area contributed by atoms with Gasteiger partial charge in [0.05, 0.1) is 6.61 Å². The van der Waals surface area contributed by atoms with Gasteiger partial charge in [-0.05, 0) is 54.8 Å². The third-order valence-corrected chi connectivity index (χ3v) is 4.43. The van der Waals surface area contributed by atoms with E-state index < -0.39 is 0 Å². The number of hydrogen-bond donors (Lipinski definition) is 1. The number of aromatic nitrogens is 1. The van der Waals surface area contributed by atoms with Crippen molar-refractivity contribution in [1.29, 1.82) is 0 Å². The van der Waals surface area contributed by atoms with E-state index in [1.165, 1.54) is 18.2 Å².